The second kappa shape index (κ2) is 15.1. The van der Waals surface area contributed by atoms with Gasteiger partial charge in [0.2, 0.25) is 0 Å². The molecule has 10 aromatic carbocycles. The molecule has 0 fully saturated rings. The number of nitrogens with zero attached hydrogens (tertiary/aromatic N) is 1. The van der Waals surface area contributed by atoms with Crippen LogP contribution in [-0.2, 0) is 18.3 Å². The largest absolute Gasteiger partial charge is 0.456 e. The lowest BCUT2D eigenvalue weighted by Crippen LogP contribution is -2.29. The average Bonchev–Trinajstić information content (AvgIpc) is 4.02. The smallest absolute Gasteiger partial charge is 0.135 e. The van der Waals surface area contributed by atoms with Crippen molar-refractivity contribution in [1.82, 2.24) is 4.57 Å². The number of aromatic nitrogens is 1. The summed E-state index contributed by atoms with van der Waals surface area (Å²) in [5.74, 6) is 0.238. The minimum atomic E-state index is -0.484. The Morgan fingerprint density at radius 1 is 0.431 bits per heavy atom. The number of benzene rings is 10. The molecule has 1 aliphatic rings. The monoisotopic (exact) mass is 831 g/mol. The standard InChI is InChI=1S/C63H45NO/c1-4-17-47(18-5-1)63(48-19-6-2-7-20-48)57-39-42(29-34-51(57)56-37-32-44-16-10-11-23-50(44)62(56)63)28-31-45(46-33-36-55-54-25-13-15-27-60(54)65-61(55)41-46)38-43-30-35-53-52-24-12-14-26-58(52)64(59(53)40-43)49-21-8-3-9-22-49/h1-27,29-30,32-37,39-41,45H,28,31,38H2. The Morgan fingerprint density at radius 2 is 1.05 bits per heavy atom. The lowest BCUT2D eigenvalue weighted by Gasteiger charge is -2.35. The highest BCUT2D eigenvalue weighted by molar-refractivity contribution is 6.09. The second-order valence-corrected chi connectivity index (χ2v) is 17.9. The van der Waals surface area contributed by atoms with Crippen molar-refractivity contribution < 1.29 is 4.42 Å². The first-order chi connectivity index (χ1) is 32.2. The van der Waals surface area contributed by atoms with Crippen LogP contribution in [0.15, 0.2) is 235 Å². The van der Waals surface area contributed by atoms with E-state index in [0.717, 1.165) is 35.8 Å². The summed E-state index contributed by atoms with van der Waals surface area (Å²) in [4.78, 5) is 0. The summed E-state index contributed by atoms with van der Waals surface area (Å²) in [6.07, 6.45) is 2.81. The summed E-state index contributed by atoms with van der Waals surface area (Å²) in [5, 5.41) is 7.46. The van der Waals surface area contributed by atoms with Crippen LogP contribution < -0.4 is 0 Å². The predicted molar refractivity (Wildman–Crippen MR) is 271 cm³/mol. The number of fused-ring (bicyclic) bond motifs is 11. The fourth-order valence-corrected chi connectivity index (χ4v) is 11.5. The van der Waals surface area contributed by atoms with Crippen molar-refractivity contribution >= 4 is 54.5 Å². The number of aryl methyl sites for hydroxylation is 1. The maximum atomic E-state index is 6.53. The minimum Gasteiger partial charge on any atom is -0.456 e. The number of hydrogen-bond acceptors (Lipinski definition) is 1. The molecule has 0 saturated carbocycles. The van der Waals surface area contributed by atoms with Crippen LogP contribution in [0.4, 0.5) is 0 Å². The first kappa shape index (κ1) is 37.6. The van der Waals surface area contributed by atoms with Gasteiger partial charge in [0.1, 0.15) is 11.2 Å². The second-order valence-electron chi connectivity index (χ2n) is 17.9. The van der Waals surface area contributed by atoms with E-state index in [-0.39, 0.29) is 5.92 Å². The van der Waals surface area contributed by atoms with Gasteiger partial charge in [-0.25, -0.2) is 0 Å². The molecule has 0 aliphatic heterocycles. The highest BCUT2D eigenvalue weighted by Crippen LogP contribution is 2.58. The quantitative estimate of drug-likeness (QED) is 0.142. The van der Waals surface area contributed by atoms with Gasteiger partial charge < -0.3 is 8.98 Å². The summed E-state index contributed by atoms with van der Waals surface area (Å²) in [6.45, 7) is 0. The molecule has 0 saturated heterocycles. The SMILES string of the molecule is c1ccc(-n2c3ccccc3c3ccc(CC(CCc4ccc5c(c4)C(c4ccccc4)(c4ccccc4)c4c-5ccc5ccccc45)c4ccc5c(c4)oc4ccccc45)cc32)cc1. The number of hydrogen-bond donors (Lipinski definition) is 0. The molecule has 65 heavy (non-hydrogen) atoms. The Balaban J connectivity index is 0.943. The van der Waals surface area contributed by atoms with Gasteiger partial charge in [-0.1, -0.05) is 194 Å². The Bertz CT molecular complexity index is 3710. The lowest BCUT2D eigenvalue weighted by molar-refractivity contribution is 0.617. The fraction of sp³-hybridized carbons (Fsp3) is 0.0794. The molecule has 0 amide bonds. The van der Waals surface area contributed by atoms with E-state index in [1.54, 1.807) is 0 Å². The molecular weight excluding hydrogens is 787 g/mol. The van der Waals surface area contributed by atoms with Crippen molar-refractivity contribution in [3.8, 4) is 16.8 Å². The number of para-hydroxylation sites is 3. The van der Waals surface area contributed by atoms with Gasteiger partial charge in [-0.05, 0) is 122 Å². The molecule has 0 spiro atoms. The van der Waals surface area contributed by atoms with E-state index in [2.05, 4.69) is 235 Å². The van der Waals surface area contributed by atoms with Crippen LogP contribution in [0.3, 0.4) is 0 Å². The van der Waals surface area contributed by atoms with E-state index < -0.39 is 5.41 Å². The van der Waals surface area contributed by atoms with Gasteiger partial charge in [-0.3, -0.25) is 0 Å². The zero-order chi connectivity index (χ0) is 42.9. The van der Waals surface area contributed by atoms with Gasteiger partial charge in [-0.2, -0.15) is 0 Å². The van der Waals surface area contributed by atoms with E-state index >= 15 is 0 Å². The van der Waals surface area contributed by atoms with Crippen LogP contribution in [0.5, 0.6) is 0 Å². The average molecular weight is 832 g/mol. The van der Waals surface area contributed by atoms with E-state index in [1.807, 2.05) is 0 Å². The fourth-order valence-electron chi connectivity index (χ4n) is 11.5. The van der Waals surface area contributed by atoms with E-state index in [4.69, 9.17) is 4.42 Å². The molecule has 12 aromatic rings. The number of furan rings is 1. The van der Waals surface area contributed by atoms with Crippen molar-refractivity contribution in [2.75, 3.05) is 0 Å². The number of rotatable bonds is 9. The van der Waals surface area contributed by atoms with Gasteiger partial charge in [0.25, 0.3) is 0 Å². The minimum absolute atomic E-state index is 0.238. The molecule has 2 nitrogen and oxygen atoms in total. The van der Waals surface area contributed by atoms with Gasteiger partial charge in [0, 0.05) is 27.2 Å². The summed E-state index contributed by atoms with van der Waals surface area (Å²) in [7, 11) is 0. The molecule has 0 bridgehead atoms. The molecule has 1 unspecified atom stereocenters. The molecule has 1 atom stereocenters. The van der Waals surface area contributed by atoms with Gasteiger partial charge >= 0.3 is 0 Å². The summed E-state index contributed by atoms with van der Waals surface area (Å²) >= 11 is 0. The van der Waals surface area contributed by atoms with Crippen LogP contribution in [0, 0.1) is 0 Å². The van der Waals surface area contributed by atoms with Gasteiger partial charge in [0.05, 0.1) is 16.4 Å². The lowest BCUT2D eigenvalue weighted by atomic mass is 9.66. The van der Waals surface area contributed by atoms with E-state index in [1.165, 1.54) is 93.7 Å². The van der Waals surface area contributed by atoms with E-state index in [9.17, 15) is 0 Å². The zero-order valence-corrected chi connectivity index (χ0v) is 36.0. The molecule has 13 rings (SSSR count). The highest BCUT2D eigenvalue weighted by atomic mass is 16.3. The molecule has 0 N–H and O–H groups in total. The molecule has 2 aromatic heterocycles. The van der Waals surface area contributed by atoms with Crippen LogP contribution in [0.1, 0.15) is 51.3 Å². The van der Waals surface area contributed by atoms with E-state index in [0.29, 0.717) is 0 Å². The Labute approximate surface area is 378 Å². The summed E-state index contributed by atoms with van der Waals surface area (Å²) < 4.78 is 8.96. The van der Waals surface area contributed by atoms with Crippen molar-refractivity contribution in [3.63, 3.8) is 0 Å². The van der Waals surface area contributed by atoms with Crippen molar-refractivity contribution in [2.24, 2.45) is 0 Å². The van der Waals surface area contributed by atoms with Gasteiger partial charge in [-0.15, -0.1) is 0 Å². The molecule has 0 radical (unpaired) electrons. The van der Waals surface area contributed by atoms with Gasteiger partial charge in [0.15, 0.2) is 0 Å². The first-order valence-electron chi connectivity index (χ1n) is 23.0. The van der Waals surface area contributed by atoms with Crippen LogP contribution in [0.25, 0.3) is 71.3 Å². The molecule has 1 aliphatic carbocycles. The summed E-state index contributed by atoms with van der Waals surface area (Å²) in [6, 6.07) is 85.5. The van der Waals surface area contributed by atoms with Crippen LogP contribution in [-0.4, -0.2) is 4.57 Å². The molecule has 2 heterocycles. The first-order valence-corrected chi connectivity index (χ1v) is 23.0. The van der Waals surface area contributed by atoms with Crippen LogP contribution in [0.2, 0.25) is 0 Å². The zero-order valence-electron chi connectivity index (χ0n) is 36.0. The Morgan fingerprint density at radius 3 is 1.85 bits per heavy atom. The molecular formula is C63H45NO. The maximum absolute atomic E-state index is 6.53. The predicted octanol–water partition coefficient (Wildman–Crippen LogP) is 16.2. The molecule has 308 valence electrons. The topological polar surface area (TPSA) is 18.1 Å². The van der Waals surface area contributed by atoms with Crippen molar-refractivity contribution in [1.29, 1.82) is 0 Å². The third-order valence-electron chi connectivity index (χ3n) is 14.4. The third-order valence-corrected chi connectivity index (χ3v) is 14.4. The Kier molecular flexibility index (Phi) is 8.74. The Hall–Kier alpha value is -7.94. The summed E-state index contributed by atoms with van der Waals surface area (Å²) in [5.41, 5.74) is 17.0. The van der Waals surface area contributed by atoms with Crippen molar-refractivity contribution in [2.45, 2.75) is 30.6 Å². The van der Waals surface area contributed by atoms with Crippen LogP contribution >= 0.6 is 0 Å². The van der Waals surface area contributed by atoms with Crippen molar-refractivity contribution in [3.05, 3.63) is 269 Å². The highest BCUT2D eigenvalue weighted by Gasteiger charge is 2.47. The molecule has 2 heteroatoms. The maximum Gasteiger partial charge on any atom is 0.135 e. The normalized spacial score (nSPS) is 13.5. The third kappa shape index (κ3) is 5.94.